The van der Waals surface area contributed by atoms with Crippen molar-refractivity contribution in [3.05, 3.63) is 28.8 Å². The standard InChI is InChI=1S/C11H9ClO2/c1-3-7-14-10-6-4-5-9(12)11(10)8(2)13/h1,4-6H,7H2,2H3. The van der Waals surface area contributed by atoms with E-state index < -0.39 is 0 Å². The third kappa shape index (κ3) is 2.27. The quantitative estimate of drug-likeness (QED) is 0.564. The molecule has 0 fully saturated rings. The van der Waals surface area contributed by atoms with E-state index in [1.807, 2.05) is 0 Å². The molecular weight excluding hydrogens is 200 g/mol. The van der Waals surface area contributed by atoms with Gasteiger partial charge in [0.05, 0.1) is 10.6 Å². The second kappa shape index (κ2) is 4.69. The van der Waals surface area contributed by atoms with Crippen molar-refractivity contribution in [3.8, 4) is 18.1 Å². The maximum absolute atomic E-state index is 11.2. The Morgan fingerprint density at radius 2 is 2.36 bits per heavy atom. The minimum atomic E-state index is -0.136. The number of carbonyl (C=O) groups excluding carboxylic acids is 1. The van der Waals surface area contributed by atoms with E-state index in [9.17, 15) is 4.79 Å². The summed E-state index contributed by atoms with van der Waals surface area (Å²) >= 11 is 5.85. The fourth-order valence-corrected chi connectivity index (χ4v) is 1.38. The minimum absolute atomic E-state index is 0.126. The number of carbonyl (C=O) groups is 1. The number of ether oxygens (including phenoxy) is 1. The molecule has 0 amide bonds. The Balaban J connectivity index is 3.09. The number of ketones is 1. The average Bonchev–Trinajstić information content (AvgIpc) is 2.14. The molecule has 0 aliphatic carbocycles. The van der Waals surface area contributed by atoms with E-state index in [-0.39, 0.29) is 12.4 Å². The Bertz CT molecular complexity index is 391. The zero-order chi connectivity index (χ0) is 10.6. The van der Waals surface area contributed by atoms with Gasteiger partial charge in [-0.3, -0.25) is 4.79 Å². The van der Waals surface area contributed by atoms with Crippen LogP contribution in [-0.2, 0) is 0 Å². The number of terminal acetylenes is 1. The van der Waals surface area contributed by atoms with Crippen LogP contribution in [0.3, 0.4) is 0 Å². The first-order valence-electron chi connectivity index (χ1n) is 4.02. The van der Waals surface area contributed by atoms with E-state index in [0.29, 0.717) is 16.3 Å². The molecule has 0 heterocycles. The zero-order valence-electron chi connectivity index (χ0n) is 7.71. The third-order valence-electron chi connectivity index (χ3n) is 1.64. The molecule has 1 rings (SSSR count). The second-order valence-electron chi connectivity index (χ2n) is 2.66. The highest BCUT2D eigenvalue weighted by Crippen LogP contribution is 2.26. The second-order valence-corrected chi connectivity index (χ2v) is 3.07. The lowest BCUT2D eigenvalue weighted by molar-refractivity contribution is 0.101. The highest BCUT2D eigenvalue weighted by Gasteiger charge is 2.11. The van der Waals surface area contributed by atoms with Crippen molar-refractivity contribution >= 4 is 17.4 Å². The highest BCUT2D eigenvalue weighted by atomic mass is 35.5. The van der Waals surface area contributed by atoms with Gasteiger partial charge in [0.25, 0.3) is 0 Å². The third-order valence-corrected chi connectivity index (χ3v) is 1.95. The summed E-state index contributed by atoms with van der Waals surface area (Å²) < 4.78 is 5.19. The molecule has 0 saturated carbocycles. The van der Waals surface area contributed by atoms with Gasteiger partial charge in [-0.25, -0.2) is 0 Å². The van der Waals surface area contributed by atoms with Crippen LogP contribution in [0.2, 0.25) is 5.02 Å². The van der Waals surface area contributed by atoms with Crippen molar-refractivity contribution in [3.63, 3.8) is 0 Å². The topological polar surface area (TPSA) is 26.3 Å². The molecule has 0 unspecified atom stereocenters. The van der Waals surface area contributed by atoms with Gasteiger partial charge >= 0.3 is 0 Å². The fourth-order valence-electron chi connectivity index (χ4n) is 1.09. The van der Waals surface area contributed by atoms with E-state index in [1.165, 1.54) is 6.92 Å². The number of hydrogen-bond acceptors (Lipinski definition) is 2. The molecule has 0 aliphatic rings. The van der Waals surface area contributed by atoms with Crippen LogP contribution in [0.1, 0.15) is 17.3 Å². The lowest BCUT2D eigenvalue weighted by Gasteiger charge is -2.08. The van der Waals surface area contributed by atoms with E-state index in [1.54, 1.807) is 18.2 Å². The van der Waals surface area contributed by atoms with Gasteiger partial charge in [0, 0.05) is 0 Å². The van der Waals surface area contributed by atoms with Crippen molar-refractivity contribution in [2.24, 2.45) is 0 Å². The van der Waals surface area contributed by atoms with Crippen molar-refractivity contribution in [2.75, 3.05) is 6.61 Å². The van der Waals surface area contributed by atoms with E-state index >= 15 is 0 Å². The number of halogens is 1. The van der Waals surface area contributed by atoms with Gasteiger partial charge in [-0.15, -0.1) is 6.42 Å². The van der Waals surface area contributed by atoms with Crippen LogP contribution in [0, 0.1) is 12.3 Å². The molecule has 1 aromatic carbocycles. The minimum Gasteiger partial charge on any atom is -0.480 e. The first kappa shape index (κ1) is 10.6. The Kier molecular flexibility index (Phi) is 3.55. The van der Waals surface area contributed by atoms with Gasteiger partial charge < -0.3 is 4.74 Å². The van der Waals surface area contributed by atoms with E-state index in [2.05, 4.69) is 5.92 Å². The lowest BCUT2D eigenvalue weighted by atomic mass is 10.1. The van der Waals surface area contributed by atoms with Crippen molar-refractivity contribution < 1.29 is 9.53 Å². The molecule has 72 valence electrons. The van der Waals surface area contributed by atoms with E-state index in [0.717, 1.165) is 0 Å². The summed E-state index contributed by atoms with van der Waals surface area (Å²) in [6.45, 7) is 1.56. The number of Topliss-reactive ketones (excluding diaryl/α,β-unsaturated/α-hetero) is 1. The van der Waals surface area contributed by atoms with Crippen molar-refractivity contribution in [2.45, 2.75) is 6.92 Å². The maximum atomic E-state index is 11.2. The van der Waals surface area contributed by atoms with Crippen molar-refractivity contribution in [1.29, 1.82) is 0 Å². The predicted octanol–water partition coefficient (Wildman–Crippen LogP) is 2.55. The summed E-state index contributed by atoms with van der Waals surface area (Å²) in [6.07, 6.45) is 5.05. The first-order valence-corrected chi connectivity index (χ1v) is 4.40. The van der Waals surface area contributed by atoms with Crippen LogP contribution in [0.4, 0.5) is 0 Å². The van der Waals surface area contributed by atoms with Crippen LogP contribution < -0.4 is 4.74 Å². The molecule has 0 atom stereocenters. The molecular formula is C11H9ClO2. The summed E-state index contributed by atoms with van der Waals surface area (Å²) in [4.78, 5) is 11.2. The van der Waals surface area contributed by atoms with Crippen molar-refractivity contribution in [1.82, 2.24) is 0 Å². The number of rotatable bonds is 3. The fraction of sp³-hybridized carbons (Fsp3) is 0.182. The molecule has 0 saturated heterocycles. The molecule has 3 heteroatoms. The van der Waals surface area contributed by atoms with Crippen LogP contribution in [0.5, 0.6) is 5.75 Å². The van der Waals surface area contributed by atoms with Gasteiger partial charge in [-0.1, -0.05) is 23.6 Å². The Hall–Kier alpha value is -1.46. The van der Waals surface area contributed by atoms with Gasteiger partial charge in [0.1, 0.15) is 12.4 Å². The largest absolute Gasteiger partial charge is 0.480 e. The monoisotopic (exact) mass is 208 g/mol. The highest BCUT2D eigenvalue weighted by molar-refractivity contribution is 6.34. The van der Waals surface area contributed by atoms with Gasteiger partial charge in [-0.05, 0) is 19.1 Å². The predicted molar refractivity (Wildman–Crippen MR) is 55.8 cm³/mol. The number of hydrogen-bond donors (Lipinski definition) is 0. The smallest absolute Gasteiger partial charge is 0.165 e. The lowest BCUT2D eigenvalue weighted by Crippen LogP contribution is -2.01. The molecule has 14 heavy (non-hydrogen) atoms. The molecule has 2 nitrogen and oxygen atoms in total. The molecule has 0 aromatic heterocycles. The van der Waals surface area contributed by atoms with Crippen LogP contribution in [0.15, 0.2) is 18.2 Å². The van der Waals surface area contributed by atoms with Gasteiger partial charge in [0.2, 0.25) is 0 Å². The van der Waals surface area contributed by atoms with Crippen LogP contribution >= 0.6 is 11.6 Å². The first-order chi connectivity index (χ1) is 6.66. The summed E-state index contributed by atoms with van der Waals surface area (Å²) in [5.74, 6) is 2.62. The SMILES string of the molecule is C#CCOc1cccc(Cl)c1C(C)=O. The molecule has 0 aliphatic heterocycles. The Labute approximate surface area is 87.8 Å². The van der Waals surface area contributed by atoms with Crippen LogP contribution in [-0.4, -0.2) is 12.4 Å². The van der Waals surface area contributed by atoms with E-state index in [4.69, 9.17) is 22.8 Å². The molecule has 1 aromatic rings. The summed E-state index contributed by atoms with van der Waals surface area (Å²) in [5.41, 5.74) is 0.379. The van der Waals surface area contributed by atoms with Crippen LogP contribution in [0.25, 0.3) is 0 Å². The summed E-state index contributed by atoms with van der Waals surface area (Å²) in [6, 6.07) is 5.02. The summed E-state index contributed by atoms with van der Waals surface area (Å²) in [5, 5.41) is 0.382. The normalized spacial score (nSPS) is 9.21. The Morgan fingerprint density at radius 3 is 2.93 bits per heavy atom. The molecule has 0 spiro atoms. The molecule has 0 N–H and O–H groups in total. The molecule has 0 radical (unpaired) electrons. The Morgan fingerprint density at radius 1 is 1.64 bits per heavy atom. The van der Waals surface area contributed by atoms with Gasteiger partial charge in [-0.2, -0.15) is 0 Å². The maximum Gasteiger partial charge on any atom is 0.165 e. The zero-order valence-corrected chi connectivity index (χ0v) is 8.47. The van der Waals surface area contributed by atoms with Gasteiger partial charge in [0.15, 0.2) is 5.78 Å². The molecule has 0 bridgehead atoms. The summed E-state index contributed by atoms with van der Waals surface area (Å²) in [7, 11) is 0. The number of benzene rings is 1. The average molecular weight is 209 g/mol.